The average molecular weight is 286 g/mol. The third-order valence-corrected chi connectivity index (χ3v) is 3.94. The van der Waals surface area contributed by atoms with Gasteiger partial charge in [-0.3, -0.25) is 4.90 Å². The van der Waals surface area contributed by atoms with E-state index in [1.54, 1.807) is 7.11 Å². The Kier molecular flexibility index (Phi) is 4.22. The van der Waals surface area contributed by atoms with E-state index in [2.05, 4.69) is 44.2 Å². The Bertz CT molecular complexity index is 608. The molecule has 1 aromatic carbocycles. The number of hydrogen-bond donors (Lipinski definition) is 1. The molecule has 3 rings (SSSR count). The summed E-state index contributed by atoms with van der Waals surface area (Å²) in [6.45, 7) is 4.72. The summed E-state index contributed by atoms with van der Waals surface area (Å²) < 4.78 is 7.73. The molecule has 5 heteroatoms. The van der Waals surface area contributed by atoms with Gasteiger partial charge in [0.1, 0.15) is 11.6 Å². The van der Waals surface area contributed by atoms with Crippen molar-refractivity contribution in [3.05, 3.63) is 47.5 Å². The summed E-state index contributed by atoms with van der Waals surface area (Å²) in [4.78, 5) is 6.84. The minimum Gasteiger partial charge on any atom is -0.496 e. The Balaban J connectivity index is 1.76. The van der Waals surface area contributed by atoms with Gasteiger partial charge in [0.25, 0.3) is 0 Å². The van der Waals surface area contributed by atoms with Crippen molar-refractivity contribution in [2.75, 3.05) is 20.7 Å². The molecule has 0 amide bonds. The summed E-state index contributed by atoms with van der Waals surface area (Å²) in [6, 6.07) is 6.41. The van der Waals surface area contributed by atoms with Gasteiger partial charge in [0.2, 0.25) is 0 Å². The highest BCUT2D eigenvalue weighted by molar-refractivity contribution is 5.37. The van der Waals surface area contributed by atoms with Gasteiger partial charge in [-0.25, -0.2) is 4.98 Å². The number of nitrogens with zero attached hydrogens (tertiary/aromatic N) is 3. The molecule has 1 aliphatic rings. The summed E-state index contributed by atoms with van der Waals surface area (Å²) >= 11 is 0. The second kappa shape index (κ2) is 6.28. The van der Waals surface area contributed by atoms with Crippen molar-refractivity contribution in [2.45, 2.75) is 26.2 Å². The predicted molar refractivity (Wildman–Crippen MR) is 82.1 cm³/mol. The van der Waals surface area contributed by atoms with Crippen molar-refractivity contribution in [1.82, 2.24) is 19.8 Å². The molecule has 0 aliphatic carbocycles. The zero-order valence-corrected chi connectivity index (χ0v) is 12.7. The van der Waals surface area contributed by atoms with Crippen molar-refractivity contribution in [2.24, 2.45) is 0 Å². The largest absolute Gasteiger partial charge is 0.496 e. The molecule has 2 aromatic rings. The molecule has 21 heavy (non-hydrogen) atoms. The third-order valence-electron chi connectivity index (χ3n) is 3.94. The minimum absolute atomic E-state index is 0.876. The molecule has 0 fully saturated rings. The molecule has 1 aliphatic heterocycles. The van der Waals surface area contributed by atoms with Crippen LogP contribution in [-0.4, -0.2) is 35.2 Å². The number of hydrogen-bond acceptors (Lipinski definition) is 4. The summed E-state index contributed by atoms with van der Waals surface area (Å²) in [5.74, 6) is 2.11. The molecule has 1 N–H and O–H groups in total. The maximum Gasteiger partial charge on any atom is 0.123 e. The van der Waals surface area contributed by atoms with Crippen LogP contribution in [0.2, 0.25) is 0 Å². The van der Waals surface area contributed by atoms with Gasteiger partial charge >= 0.3 is 0 Å². The van der Waals surface area contributed by atoms with Crippen molar-refractivity contribution in [3.8, 4) is 5.75 Å². The average Bonchev–Trinajstić information content (AvgIpc) is 2.95. The summed E-state index contributed by atoms with van der Waals surface area (Å²) in [6.07, 6.45) is 3.94. The Morgan fingerprint density at radius 1 is 1.33 bits per heavy atom. The van der Waals surface area contributed by atoms with Gasteiger partial charge in [-0.2, -0.15) is 0 Å². The first-order chi connectivity index (χ1) is 10.3. The molecule has 1 aromatic heterocycles. The first-order valence-electron chi connectivity index (χ1n) is 7.33. The lowest BCUT2D eigenvalue weighted by atomic mass is 10.1. The number of fused-ring (bicyclic) bond motifs is 1. The number of ether oxygens (including phenoxy) is 1. The highest BCUT2D eigenvalue weighted by Gasteiger charge is 2.18. The SMILES string of the molecule is CNCc1ccc(OC)c(CN2CCn3ccnc3C2)c1. The van der Waals surface area contributed by atoms with Gasteiger partial charge in [0.05, 0.1) is 13.7 Å². The first-order valence-corrected chi connectivity index (χ1v) is 7.33. The summed E-state index contributed by atoms with van der Waals surface area (Å²) in [7, 11) is 3.70. The number of rotatable bonds is 5. The van der Waals surface area contributed by atoms with Gasteiger partial charge < -0.3 is 14.6 Å². The highest BCUT2D eigenvalue weighted by Crippen LogP contribution is 2.23. The normalized spacial score (nSPS) is 15.0. The summed E-state index contributed by atoms with van der Waals surface area (Å²) in [5.41, 5.74) is 2.53. The van der Waals surface area contributed by atoms with Crippen molar-refractivity contribution in [3.63, 3.8) is 0 Å². The first kappa shape index (κ1) is 14.1. The number of benzene rings is 1. The van der Waals surface area contributed by atoms with Crippen LogP contribution in [0.4, 0.5) is 0 Å². The molecule has 2 heterocycles. The number of aromatic nitrogens is 2. The molecule has 5 nitrogen and oxygen atoms in total. The zero-order valence-electron chi connectivity index (χ0n) is 12.7. The molecule has 0 spiro atoms. The monoisotopic (exact) mass is 286 g/mol. The van der Waals surface area contributed by atoms with Crippen LogP contribution in [0.25, 0.3) is 0 Å². The van der Waals surface area contributed by atoms with Gasteiger partial charge in [0.15, 0.2) is 0 Å². The zero-order chi connectivity index (χ0) is 14.7. The van der Waals surface area contributed by atoms with Crippen LogP contribution in [0, 0.1) is 0 Å². The van der Waals surface area contributed by atoms with Gasteiger partial charge in [-0.15, -0.1) is 0 Å². The van der Waals surface area contributed by atoms with Gasteiger partial charge in [-0.1, -0.05) is 6.07 Å². The van der Waals surface area contributed by atoms with Crippen LogP contribution >= 0.6 is 0 Å². The fourth-order valence-electron chi connectivity index (χ4n) is 2.87. The molecule has 112 valence electrons. The van der Waals surface area contributed by atoms with E-state index in [0.29, 0.717) is 0 Å². The molecule has 0 saturated carbocycles. The highest BCUT2D eigenvalue weighted by atomic mass is 16.5. The molecule has 0 saturated heterocycles. The number of imidazole rings is 1. The molecule has 0 radical (unpaired) electrons. The fraction of sp³-hybridized carbons (Fsp3) is 0.438. The summed E-state index contributed by atoms with van der Waals surface area (Å²) in [5, 5.41) is 3.19. The Morgan fingerprint density at radius 3 is 3.05 bits per heavy atom. The predicted octanol–water partition coefficient (Wildman–Crippen LogP) is 1.63. The lowest BCUT2D eigenvalue weighted by Crippen LogP contribution is -2.33. The van der Waals surface area contributed by atoms with E-state index < -0.39 is 0 Å². The third kappa shape index (κ3) is 3.09. The van der Waals surface area contributed by atoms with Crippen molar-refractivity contribution in [1.29, 1.82) is 0 Å². The maximum absolute atomic E-state index is 5.51. The molecular weight excluding hydrogens is 264 g/mol. The van der Waals surface area contributed by atoms with Crippen LogP contribution < -0.4 is 10.1 Å². The van der Waals surface area contributed by atoms with E-state index in [1.807, 2.05) is 13.2 Å². The van der Waals surface area contributed by atoms with Crippen LogP contribution in [0.3, 0.4) is 0 Å². The minimum atomic E-state index is 0.876. The van der Waals surface area contributed by atoms with Crippen LogP contribution in [0.15, 0.2) is 30.6 Å². The van der Waals surface area contributed by atoms with Crippen LogP contribution in [-0.2, 0) is 26.2 Å². The van der Waals surface area contributed by atoms with Crippen molar-refractivity contribution >= 4 is 0 Å². The van der Waals surface area contributed by atoms with E-state index in [-0.39, 0.29) is 0 Å². The smallest absolute Gasteiger partial charge is 0.123 e. The standard InChI is InChI=1S/C16H22N4O/c1-17-10-13-3-4-15(21-2)14(9-13)11-19-7-8-20-6-5-18-16(20)12-19/h3-6,9,17H,7-8,10-12H2,1-2H3. The number of nitrogens with one attached hydrogen (secondary N) is 1. The van der Waals surface area contributed by atoms with Gasteiger partial charge in [-0.05, 0) is 24.7 Å². The van der Waals surface area contributed by atoms with Gasteiger partial charge in [0, 0.05) is 44.1 Å². The van der Waals surface area contributed by atoms with E-state index in [0.717, 1.165) is 44.3 Å². The molecule has 0 bridgehead atoms. The van der Waals surface area contributed by atoms with E-state index in [4.69, 9.17) is 4.74 Å². The molecule has 0 atom stereocenters. The Labute approximate surface area is 125 Å². The lowest BCUT2D eigenvalue weighted by molar-refractivity contribution is 0.206. The maximum atomic E-state index is 5.51. The molecule has 0 unspecified atom stereocenters. The van der Waals surface area contributed by atoms with E-state index >= 15 is 0 Å². The van der Waals surface area contributed by atoms with Crippen LogP contribution in [0.5, 0.6) is 5.75 Å². The molecular formula is C16H22N4O. The second-order valence-corrected chi connectivity index (χ2v) is 5.42. The van der Waals surface area contributed by atoms with E-state index in [1.165, 1.54) is 11.1 Å². The lowest BCUT2D eigenvalue weighted by Gasteiger charge is -2.28. The number of methoxy groups -OCH3 is 1. The topological polar surface area (TPSA) is 42.3 Å². The Morgan fingerprint density at radius 2 is 2.24 bits per heavy atom. The quantitative estimate of drug-likeness (QED) is 0.907. The van der Waals surface area contributed by atoms with E-state index in [9.17, 15) is 0 Å². The fourth-order valence-corrected chi connectivity index (χ4v) is 2.87. The van der Waals surface area contributed by atoms with Crippen LogP contribution in [0.1, 0.15) is 17.0 Å². The second-order valence-electron chi connectivity index (χ2n) is 5.42. The Hall–Kier alpha value is -1.85. The van der Waals surface area contributed by atoms with Crippen molar-refractivity contribution < 1.29 is 4.74 Å².